The highest BCUT2D eigenvalue weighted by molar-refractivity contribution is 8.01. The van der Waals surface area contributed by atoms with Crippen LogP contribution in [-0.4, -0.2) is 39.5 Å². The summed E-state index contributed by atoms with van der Waals surface area (Å²) in [6.45, 7) is 1.87. The van der Waals surface area contributed by atoms with Crippen LogP contribution in [-0.2, 0) is 11.0 Å². The second-order valence-electron chi connectivity index (χ2n) is 7.28. The molecule has 0 bridgehead atoms. The van der Waals surface area contributed by atoms with Crippen LogP contribution in [0.4, 0.5) is 0 Å². The number of hydrogen-bond acceptors (Lipinski definition) is 7. The Balaban J connectivity index is 2.41. The summed E-state index contributed by atoms with van der Waals surface area (Å²) in [5.74, 6) is 0.605. The summed E-state index contributed by atoms with van der Waals surface area (Å²) < 4.78 is 36.5. The molecule has 0 fully saturated rings. The van der Waals surface area contributed by atoms with Gasteiger partial charge in [-0.05, 0) is 36.2 Å². The third kappa shape index (κ3) is 4.19. The Morgan fingerprint density at radius 2 is 1.03 bits per heavy atom. The van der Waals surface area contributed by atoms with Crippen LogP contribution in [0, 0.1) is 0 Å². The van der Waals surface area contributed by atoms with Crippen LogP contribution in [0.5, 0.6) is 23.0 Å². The Morgan fingerprint density at radius 3 is 1.38 bits per heavy atom. The normalized spacial score (nSPS) is 11.0. The molecule has 0 heterocycles. The lowest BCUT2D eigenvalue weighted by atomic mass is 10.2. The quantitative estimate of drug-likeness (QED) is 0.378. The number of aryl methyl sites for hydroxylation is 1. The average Bonchev–Trinajstić information content (AvgIpc) is 2.90. The lowest BCUT2D eigenvalue weighted by Gasteiger charge is -2.23. The van der Waals surface area contributed by atoms with Gasteiger partial charge < -0.3 is 23.5 Å². The van der Waals surface area contributed by atoms with Crippen molar-refractivity contribution in [1.29, 1.82) is 0 Å². The molecule has 8 heteroatoms. The highest BCUT2D eigenvalue weighted by Crippen LogP contribution is 2.56. The van der Waals surface area contributed by atoms with E-state index in [2.05, 4.69) is 0 Å². The second-order valence-corrected chi connectivity index (χ2v) is 9.79. The zero-order valence-electron chi connectivity index (χ0n) is 19.8. The molecule has 0 aliphatic carbocycles. The van der Waals surface area contributed by atoms with E-state index in [9.17, 15) is 14.2 Å². The molecule has 0 radical (unpaired) electrons. The molecule has 3 rings (SSSR count). The first-order chi connectivity index (χ1) is 16.4. The molecule has 0 aliphatic rings. The van der Waals surface area contributed by atoms with Crippen molar-refractivity contribution in [3.63, 3.8) is 0 Å². The van der Waals surface area contributed by atoms with Crippen molar-refractivity contribution in [2.24, 2.45) is 0 Å². The minimum Gasteiger partial charge on any atom is -0.496 e. The van der Waals surface area contributed by atoms with Crippen molar-refractivity contribution in [1.82, 2.24) is 0 Å². The zero-order chi connectivity index (χ0) is 24.9. The molecular weight excluding hydrogens is 455 g/mol. The monoisotopic (exact) mass is 482 g/mol. The van der Waals surface area contributed by atoms with Gasteiger partial charge in [0.05, 0.1) is 28.4 Å². The van der Waals surface area contributed by atoms with Crippen molar-refractivity contribution >= 4 is 23.5 Å². The molecular formula is C26H27O7P. The number of ether oxygens (including phenoxy) is 4. The third-order valence-electron chi connectivity index (χ3n) is 5.57. The van der Waals surface area contributed by atoms with Crippen molar-refractivity contribution in [3.05, 3.63) is 77.4 Å². The van der Waals surface area contributed by atoms with Gasteiger partial charge in [0.2, 0.25) is 18.2 Å². The molecule has 0 aliphatic heterocycles. The van der Waals surface area contributed by atoms with Gasteiger partial charge >= 0.3 is 0 Å². The number of carbonyl (C=O) groups excluding carboxylic acids is 2. The van der Waals surface area contributed by atoms with Gasteiger partial charge in [0.1, 0.15) is 34.1 Å². The maximum Gasteiger partial charge on any atom is 0.249 e. The summed E-state index contributed by atoms with van der Waals surface area (Å²) in [5, 5.41) is 0.161. The highest BCUT2D eigenvalue weighted by atomic mass is 31.2. The molecule has 0 saturated heterocycles. The predicted molar refractivity (Wildman–Crippen MR) is 131 cm³/mol. The Hall–Kier alpha value is -3.57. The highest BCUT2D eigenvalue weighted by Gasteiger charge is 2.47. The SMILES string of the molecule is CCc1ccccc1P(=O)(C(=O)c1c(OC)cccc1OC)C(=O)c1c(OC)cccc1OC. The lowest BCUT2D eigenvalue weighted by Crippen LogP contribution is -2.24. The number of methoxy groups -OCH3 is 4. The minimum atomic E-state index is -4.51. The van der Waals surface area contributed by atoms with E-state index in [1.807, 2.05) is 6.92 Å². The molecule has 0 saturated carbocycles. The fraction of sp³-hybridized carbons (Fsp3) is 0.231. The fourth-order valence-corrected chi connectivity index (χ4v) is 6.49. The predicted octanol–water partition coefficient (Wildman–Crippen LogP) is 4.95. The van der Waals surface area contributed by atoms with Crippen LogP contribution in [0.25, 0.3) is 0 Å². The van der Waals surface area contributed by atoms with E-state index in [0.717, 1.165) is 0 Å². The Labute approximate surface area is 199 Å². The van der Waals surface area contributed by atoms with Gasteiger partial charge in [-0.1, -0.05) is 43.3 Å². The van der Waals surface area contributed by atoms with Gasteiger partial charge in [0.25, 0.3) is 0 Å². The van der Waals surface area contributed by atoms with Gasteiger partial charge in [-0.2, -0.15) is 0 Å². The topological polar surface area (TPSA) is 88.1 Å². The average molecular weight is 482 g/mol. The molecule has 178 valence electrons. The van der Waals surface area contributed by atoms with E-state index in [4.69, 9.17) is 18.9 Å². The largest absolute Gasteiger partial charge is 0.496 e. The summed E-state index contributed by atoms with van der Waals surface area (Å²) in [6.07, 6.45) is 0.465. The molecule has 0 amide bonds. The second kappa shape index (κ2) is 10.6. The first-order valence-electron chi connectivity index (χ1n) is 10.6. The molecule has 0 spiro atoms. The molecule has 0 N–H and O–H groups in total. The molecule has 34 heavy (non-hydrogen) atoms. The fourth-order valence-electron chi connectivity index (χ4n) is 3.87. The summed E-state index contributed by atoms with van der Waals surface area (Å²) in [6, 6.07) is 16.2. The van der Waals surface area contributed by atoms with Crippen LogP contribution in [0.2, 0.25) is 0 Å². The maximum atomic E-state index is 14.9. The van der Waals surface area contributed by atoms with Crippen LogP contribution in [0.3, 0.4) is 0 Å². The standard InChI is InChI=1S/C26H27O7P/c1-6-17-11-7-8-16-22(17)34(29,25(27)23-18(30-2)12-9-13-19(23)31-3)26(28)24-20(32-4)14-10-15-21(24)33-5/h7-16H,6H2,1-5H3. The summed E-state index contributed by atoms with van der Waals surface area (Å²) in [7, 11) is 1.05. The van der Waals surface area contributed by atoms with E-state index >= 15 is 0 Å². The van der Waals surface area contributed by atoms with Crippen molar-refractivity contribution in [2.75, 3.05) is 28.4 Å². The molecule has 0 aromatic heterocycles. The first-order valence-corrected chi connectivity index (χ1v) is 12.3. The zero-order valence-corrected chi connectivity index (χ0v) is 20.7. The Bertz CT molecular complexity index is 1150. The number of hydrogen-bond donors (Lipinski definition) is 0. The van der Waals surface area contributed by atoms with Gasteiger partial charge in [0, 0.05) is 5.30 Å². The van der Waals surface area contributed by atoms with Gasteiger partial charge in [0.15, 0.2) is 0 Å². The van der Waals surface area contributed by atoms with E-state index in [-0.39, 0.29) is 39.4 Å². The summed E-state index contributed by atoms with van der Waals surface area (Å²) >= 11 is 0. The summed E-state index contributed by atoms with van der Waals surface area (Å²) in [4.78, 5) is 28.4. The lowest BCUT2D eigenvalue weighted by molar-refractivity contribution is 0.103. The van der Waals surface area contributed by atoms with Gasteiger partial charge in [-0.15, -0.1) is 0 Å². The molecule has 7 nitrogen and oxygen atoms in total. The Kier molecular flexibility index (Phi) is 7.79. The van der Waals surface area contributed by atoms with Crippen LogP contribution in [0.15, 0.2) is 60.7 Å². The van der Waals surface area contributed by atoms with Gasteiger partial charge in [-0.3, -0.25) is 9.59 Å². The maximum absolute atomic E-state index is 14.9. The minimum absolute atomic E-state index is 0.0658. The van der Waals surface area contributed by atoms with Crippen LogP contribution >= 0.6 is 7.14 Å². The third-order valence-corrected chi connectivity index (χ3v) is 8.27. The number of benzene rings is 3. The van der Waals surface area contributed by atoms with Crippen molar-refractivity contribution in [2.45, 2.75) is 13.3 Å². The molecule has 0 atom stereocenters. The summed E-state index contributed by atoms with van der Waals surface area (Å²) in [5.41, 5.74) is -1.29. The van der Waals surface area contributed by atoms with Gasteiger partial charge in [-0.25, -0.2) is 0 Å². The van der Waals surface area contributed by atoms with Crippen molar-refractivity contribution < 1.29 is 33.1 Å². The van der Waals surface area contributed by atoms with E-state index < -0.39 is 18.2 Å². The Morgan fingerprint density at radius 1 is 0.647 bits per heavy atom. The van der Waals surface area contributed by atoms with Crippen LogP contribution in [0.1, 0.15) is 33.2 Å². The smallest absolute Gasteiger partial charge is 0.249 e. The first kappa shape index (κ1) is 25.1. The molecule has 0 unspecified atom stereocenters. The van der Waals surface area contributed by atoms with E-state index in [1.165, 1.54) is 28.4 Å². The van der Waals surface area contributed by atoms with Crippen molar-refractivity contribution in [3.8, 4) is 23.0 Å². The van der Waals surface area contributed by atoms with E-state index in [0.29, 0.717) is 12.0 Å². The number of carbonyl (C=O) groups is 2. The molecule has 3 aromatic rings. The van der Waals surface area contributed by atoms with Crippen LogP contribution < -0.4 is 24.3 Å². The number of rotatable bonds is 10. The van der Waals surface area contributed by atoms with E-state index in [1.54, 1.807) is 60.7 Å². The molecule has 3 aromatic carbocycles.